The minimum Gasteiger partial charge on any atom is -0.496 e. The normalized spacial score (nSPS) is 13.2. The number of hydrogen-bond acceptors (Lipinski definition) is 2. The quantitative estimate of drug-likeness (QED) is 0.553. The van der Waals surface area contributed by atoms with Gasteiger partial charge < -0.3 is 4.74 Å². The number of carbonyl (C=O) groups excluding carboxylic acids is 1. The number of aldehydes is 1. The molecule has 2 aromatic rings. The molecule has 0 heterocycles. The predicted molar refractivity (Wildman–Crippen MR) is 105 cm³/mol. The van der Waals surface area contributed by atoms with Gasteiger partial charge in [-0.3, -0.25) is 4.79 Å². The molecule has 0 spiro atoms. The van der Waals surface area contributed by atoms with Crippen LogP contribution in [0.3, 0.4) is 0 Å². The van der Waals surface area contributed by atoms with Crippen LogP contribution in [0.15, 0.2) is 36.4 Å². The van der Waals surface area contributed by atoms with Gasteiger partial charge in [-0.25, -0.2) is 0 Å². The van der Waals surface area contributed by atoms with Crippen molar-refractivity contribution in [1.29, 1.82) is 0 Å². The van der Waals surface area contributed by atoms with Crippen LogP contribution in [0.5, 0.6) is 5.75 Å². The highest BCUT2D eigenvalue weighted by atomic mass is 31.1. The van der Waals surface area contributed by atoms with Crippen molar-refractivity contribution in [2.45, 2.75) is 45.7 Å². The fourth-order valence-corrected chi connectivity index (χ4v) is 4.21. The largest absolute Gasteiger partial charge is 0.496 e. The molecule has 0 aliphatic carbocycles. The van der Waals surface area contributed by atoms with Crippen molar-refractivity contribution in [3.63, 3.8) is 0 Å². The van der Waals surface area contributed by atoms with E-state index in [1.807, 2.05) is 24.3 Å². The Hall–Kier alpha value is -1.66. The lowest BCUT2D eigenvalue weighted by molar-refractivity contribution is 0.112. The van der Waals surface area contributed by atoms with Crippen molar-refractivity contribution in [2.24, 2.45) is 0 Å². The zero-order valence-electron chi connectivity index (χ0n) is 15.4. The average Bonchev–Trinajstić information content (AvgIpc) is 2.53. The molecular formula is C21H27O2P. The minimum absolute atomic E-state index is 0.0926. The lowest BCUT2D eigenvalue weighted by Crippen LogP contribution is -2.13. The molecule has 0 aliphatic heterocycles. The maximum absolute atomic E-state index is 11.3. The van der Waals surface area contributed by atoms with Crippen LogP contribution in [0, 0.1) is 6.92 Å². The van der Waals surface area contributed by atoms with Crippen molar-refractivity contribution in [1.82, 2.24) is 0 Å². The van der Waals surface area contributed by atoms with E-state index in [-0.39, 0.29) is 5.41 Å². The van der Waals surface area contributed by atoms with E-state index >= 15 is 0 Å². The SMILES string of the molecule is COc1c(C)cc(C(C)(C)C)cc1C(C)Pc1ccccc1C=O. The summed E-state index contributed by atoms with van der Waals surface area (Å²) in [7, 11) is 2.26. The number of rotatable bonds is 5. The highest BCUT2D eigenvalue weighted by Crippen LogP contribution is 2.42. The highest BCUT2D eigenvalue weighted by molar-refractivity contribution is 7.47. The Balaban J connectivity index is 2.46. The first-order chi connectivity index (χ1) is 11.3. The van der Waals surface area contributed by atoms with E-state index in [0.29, 0.717) is 14.2 Å². The molecule has 24 heavy (non-hydrogen) atoms. The van der Waals surface area contributed by atoms with Gasteiger partial charge in [0.25, 0.3) is 0 Å². The zero-order valence-corrected chi connectivity index (χ0v) is 16.4. The summed E-state index contributed by atoms with van der Waals surface area (Å²) in [5.74, 6) is 0.964. The summed E-state index contributed by atoms with van der Waals surface area (Å²) in [5, 5.41) is 1.11. The zero-order chi connectivity index (χ0) is 17.9. The van der Waals surface area contributed by atoms with Gasteiger partial charge in [0.05, 0.1) is 7.11 Å². The fourth-order valence-electron chi connectivity index (χ4n) is 2.88. The van der Waals surface area contributed by atoms with Crippen LogP contribution in [0.25, 0.3) is 0 Å². The van der Waals surface area contributed by atoms with Crippen molar-refractivity contribution >= 4 is 20.2 Å². The smallest absolute Gasteiger partial charge is 0.150 e. The van der Waals surface area contributed by atoms with E-state index in [4.69, 9.17) is 4.74 Å². The second-order valence-corrected chi connectivity index (χ2v) is 8.93. The van der Waals surface area contributed by atoms with E-state index in [9.17, 15) is 4.79 Å². The van der Waals surface area contributed by atoms with Gasteiger partial charge in [0.1, 0.15) is 5.75 Å². The second kappa shape index (κ2) is 7.49. The standard InChI is InChI=1S/C21H27O2P/c1-14-11-17(21(3,4)5)12-18(20(14)23-6)15(2)24-19-10-8-7-9-16(19)13-22/h7-13,15,24H,1-6H3. The van der Waals surface area contributed by atoms with E-state index in [1.165, 1.54) is 16.7 Å². The topological polar surface area (TPSA) is 26.3 Å². The molecule has 2 aromatic carbocycles. The molecule has 2 atom stereocenters. The molecule has 128 valence electrons. The number of hydrogen-bond donors (Lipinski definition) is 0. The summed E-state index contributed by atoms with van der Waals surface area (Å²) in [5.41, 5.74) is 4.88. The lowest BCUT2D eigenvalue weighted by Gasteiger charge is -2.25. The monoisotopic (exact) mass is 342 g/mol. The Morgan fingerprint density at radius 2 is 1.83 bits per heavy atom. The third kappa shape index (κ3) is 4.05. The Kier molecular flexibility index (Phi) is 5.83. The molecular weight excluding hydrogens is 315 g/mol. The Morgan fingerprint density at radius 3 is 2.42 bits per heavy atom. The summed E-state index contributed by atoms with van der Waals surface area (Å²) in [6.45, 7) is 11.0. The third-order valence-corrected chi connectivity index (χ3v) is 5.81. The summed E-state index contributed by atoms with van der Waals surface area (Å²) >= 11 is 0. The fraction of sp³-hybridized carbons (Fsp3) is 0.381. The van der Waals surface area contributed by atoms with Gasteiger partial charge in [-0.05, 0) is 28.8 Å². The molecule has 2 unspecified atom stereocenters. The summed E-state index contributed by atoms with van der Waals surface area (Å²) < 4.78 is 5.69. The number of aryl methyl sites for hydroxylation is 1. The van der Waals surface area contributed by atoms with Gasteiger partial charge in [-0.1, -0.05) is 72.7 Å². The molecule has 0 aliphatic rings. The first kappa shape index (κ1) is 18.7. The van der Waals surface area contributed by atoms with Crippen LogP contribution in [0.2, 0.25) is 0 Å². The molecule has 0 saturated carbocycles. The van der Waals surface area contributed by atoms with E-state index in [0.717, 1.165) is 22.9 Å². The van der Waals surface area contributed by atoms with Crippen molar-refractivity contribution in [2.75, 3.05) is 7.11 Å². The summed E-state index contributed by atoms with van der Waals surface area (Å²) in [6, 6.07) is 12.3. The van der Waals surface area contributed by atoms with E-state index < -0.39 is 0 Å². The maximum Gasteiger partial charge on any atom is 0.150 e. The number of methoxy groups -OCH3 is 1. The lowest BCUT2D eigenvalue weighted by atomic mass is 9.84. The van der Waals surface area contributed by atoms with Crippen molar-refractivity contribution in [3.05, 3.63) is 58.7 Å². The molecule has 0 amide bonds. The summed E-state index contributed by atoms with van der Waals surface area (Å²) in [6.07, 6.45) is 0.948. The number of carbonyl (C=O) groups is 1. The van der Waals surface area contributed by atoms with Gasteiger partial charge in [-0.15, -0.1) is 0 Å². The molecule has 0 fully saturated rings. The molecule has 2 nitrogen and oxygen atoms in total. The van der Waals surface area contributed by atoms with Crippen molar-refractivity contribution < 1.29 is 9.53 Å². The van der Waals surface area contributed by atoms with Crippen LogP contribution in [-0.4, -0.2) is 13.4 Å². The third-order valence-electron chi connectivity index (χ3n) is 4.30. The van der Waals surface area contributed by atoms with Crippen LogP contribution in [0.4, 0.5) is 0 Å². The maximum atomic E-state index is 11.3. The van der Waals surface area contributed by atoms with Gasteiger partial charge in [0.15, 0.2) is 6.29 Å². The Labute approximate surface area is 147 Å². The van der Waals surface area contributed by atoms with Crippen LogP contribution < -0.4 is 10.0 Å². The minimum atomic E-state index is 0.0926. The molecule has 0 N–H and O–H groups in total. The molecule has 0 aromatic heterocycles. The number of ether oxygens (including phenoxy) is 1. The predicted octanol–water partition coefficient (Wildman–Crippen LogP) is 5.18. The molecule has 0 saturated heterocycles. The van der Waals surface area contributed by atoms with Crippen molar-refractivity contribution in [3.8, 4) is 5.75 Å². The first-order valence-corrected chi connectivity index (χ1v) is 9.35. The van der Waals surface area contributed by atoms with E-state index in [2.05, 4.69) is 46.8 Å². The average molecular weight is 342 g/mol. The van der Waals surface area contributed by atoms with Crippen LogP contribution in [-0.2, 0) is 5.41 Å². The first-order valence-electron chi connectivity index (χ1n) is 8.27. The van der Waals surface area contributed by atoms with Gasteiger partial charge in [0, 0.05) is 16.8 Å². The van der Waals surface area contributed by atoms with E-state index in [1.54, 1.807) is 7.11 Å². The Bertz CT molecular complexity index is 729. The molecule has 3 heteroatoms. The summed E-state index contributed by atoms with van der Waals surface area (Å²) in [4.78, 5) is 11.3. The molecule has 0 radical (unpaired) electrons. The van der Waals surface area contributed by atoms with Gasteiger partial charge in [0.2, 0.25) is 0 Å². The molecule has 2 rings (SSSR count). The van der Waals surface area contributed by atoms with Crippen LogP contribution in [0.1, 0.15) is 60.4 Å². The highest BCUT2D eigenvalue weighted by Gasteiger charge is 2.21. The van der Waals surface area contributed by atoms with Crippen LogP contribution >= 0.6 is 8.58 Å². The number of benzene rings is 2. The van der Waals surface area contributed by atoms with Gasteiger partial charge >= 0.3 is 0 Å². The second-order valence-electron chi connectivity index (χ2n) is 7.24. The van der Waals surface area contributed by atoms with Gasteiger partial charge in [-0.2, -0.15) is 0 Å². The Morgan fingerprint density at radius 1 is 1.17 bits per heavy atom. The molecule has 0 bridgehead atoms.